The second-order valence-corrected chi connectivity index (χ2v) is 8.80. The summed E-state index contributed by atoms with van der Waals surface area (Å²) in [6.45, 7) is 12.9. The molecule has 0 aliphatic heterocycles. The fourth-order valence-electron chi connectivity index (χ4n) is 3.20. The van der Waals surface area contributed by atoms with Gasteiger partial charge in [0.05, 0.1) is 0 Å². The van der Waals surface area contributed by atoms with Crippen molar-refractivity contribution in [1.29, 1.82) is 0 Å². The van der Waals surface area contributed by atoms with Crippen molar-refractivity contribution in [2.75, 3.05) is 20.6 Å². The van der Waals surface area contributed by atoms with Gasteiger partial charge in [0.25, 0.3) is 0 Å². The molecule has 0 unspecified atom stereocenters. The van der Waals surface area contributed by atoms with Crippen molar-refractivity contribution in [2.45, 2.75) is 72.1 Å². The largest absolute Gasteiger partial charge is 0.480 e. The molecule has 0 bridgehead atoms. The molecule has 0 spiro atoms. The molecule has 0 heterocycles. The van der Waals surface area contributed by atoms with E-state index in [9.17, 15) is 19.5 Å². The van der Waals surface area contributed by atoms with E-state index in [2.05, 4.69) is 0 Å². The zero-order chi connectivity index (χ0) is 20.9. The third kappa shape index (κ3) is 6.94. The molecule has 1 amide bonds. The van der Waals surface area contributed by atoms with Gasteiger partial charge in [-0.05, 0) is 46.1 Å². The number of amides is 1. The number of carbonyl (C=O) groups is 3. The van der Waals surface area contributed by atoms with E-state index in [1.54, 1.807) is 32.7 Å². The third-order valence-electron chi connectivity index (χ3n) is 4.20. The molecule has 26 heavy (non-hydrogen) atoms. The number of hydrogen-bond acceptors (Lipinski definition) is 5. The number of rotatable bonds is 9. The molecule has 0 fully saturated rings. The Kier molecular flexibility index (Phi) is 8.76. The zero-order valence-electron chi connectivity index (χ0n) is 17.7. The van der Waals surface area contributed by atoms with Crippen molar-refractivity contribution in [3.05, 3.63) is 0 Å². The number of aliphatic carboxylic acids is 1. The second kappa shape index (κ2) is 9.35. The molecule has 152 valence electrons. The lowest BCUT2D eigenvalue weighted by atomic mass is 9.87. The Labute approximate surface area is 157 Å². The maximum atomic E-state index is 12.6. The lowest BCUT2D eigenvalue weighted by Crippen LogP contribution is -2.60. The van der Waals surface area contributed by atoms with Gasteiger partial charge >= 0.3 is 12.1 Å². The predicted octanol–water partition coefficient (Wildman–Crippen LogP) is 2.88. The van der Waals surface area contributed by atoms with Crippen LogP contribution in [0.1, 0.15) is 54.9 Å². The van der Waals surface area contributed by atoms with Crippen LogP contribution in [0.15, 0.2) is 0 Å². The first kappa shape index (κ1) is 24.4. The summed E-state index contributed by atoms with van der Waals surface area (Å²) in [5.74, 6) is -0.972. The Morgan fingerprint density at radius 3 is 1.92 bits per heavy atom. The maximum Gasteiger partial charge on any atom is 0.410 e. The van der Waals surface area contributed by atoms with Crippen molar-refractivity contribution >= 4 is 18.3 Å². The summed E-state index contributed by atoms with van der Waals surface area (Å²) in [4.78, 5) is 39.3. The van der Waals surface area contributed by atoms with Gasteiger partial charge in [-0.3, -0.25) is 14.6 Å². The number of likely N-dealkylation sites (N-methyl/N-ethyl adjacent to an activating group) is 2. The smallest absolute Gasteiger partial charge is 0.410 e. The van der Waals surface area contributed by atoms with Gasteiger partial charge in [-0.15, -0.1) is 0 Å². The molecule has 1 N–H and O–H groups in total. The molecule has 7 heteroatoms. The highest BCUT2D eigenvalue weighted by atomic mass is 16.6. The number of carbonyl (C=O) groups excluding carboxylic acids is 2. The van der Waals surface area contributed by atoms with E-state index in [0.717, 1.165) is 6.29 Å². The fourth-order valence-corrected chi connectivity index (χ4v) is 3.20. The molecule has 0 aliphatic rings. The van der Waals surface area contributed by atoms with E-state index in [4.69, 9.17) is 4.74 Å². The van der Waals surface area contributed by atoms with E-state index in [1.165, 1.54) is 11.9 Å². The summed E-state index contributed by atoms with van der Waals surface area (Å²) >= 11 is 0. The summed E-state index contributed by atoms with van der Waals surface area (Å²) in [5, 5.41) is 9.53. The standard InChI is InChI=1S/C19H36N2O5/c1-13(2)10-19(12-22,21(9)17(25)26-18(5,6)7)11-20(8)15(14(3)4)16(23)24/h12-15H,10-11H2,1-9H3,(H,23,24)/t15-,19+/m0/s1. The van der Waals surface area contributed by atoms with Crippen LogP contribution < -0.4 is 0 Å². The van der Waals surface area contributed by atoms with Crippen LogP contribution in [0.3, 0.4) is 0 Å². The van der Waals surface area contributed by atoms with Crippen LogP contribution >= 0.6 is 0 Å². The average molecular weight is 373 g/mol. The number of aldehydes is 1. The normalized spacial score (nSPS) is 15.7. The molecule has 7 nitrogen and oxygen atoms in total. The SMILES string of the molecule is CC(C)C[C@](C=O)(CN(C)[C@H](C(=O)O)C(C)C)N(C)C(=O)OC(C)(C)C. The van der Waals surface area contributed by atoms with Gasteiger partial charge in [-0.1, -0.05) is 27.7 Å². The number of nitrogens with zero attached hydrogens (tertiary/aromatic N) is 2. The molecule has 0 aliphatic carbocycles. The molecule has 2 atom stereocenters. The van der Waals surface area contributed by atoms with Gasteiger partial charge in [0.1, 0.15) is 23.5 Å². The Bertz CT molecular complexity index is 499. The van der Waals surface area contributed by atoms with Gasteiger partial charge in [0.2, 0.25) is 0 Å². The summed E-state index contributed by atoms with van der Waals surface area (Å²) in [6, 6.07) is -0.756. The molecule has 0 saturated carbocycles. The summed E-state index contributed by atoms with van der Waals surface area (Å²) in [6.07, 6.45) is 0.545. The van der Waals surface area contributed by atoms with E-state index in [0.29, 0.717) is 6.42 Å². The van der Waals surface area contributed by atoms with Crippen LogP contribution in [0.4, 0.5) is 4.79 Å². The van der Waals surface area contributed by atoms with E-state index in [1.807, 2.05) is 27.7 Å². The van der Waals surface area contributed by atoms with Crippen molar-refractivity contribution < 1.29 is 24.2 Å². The van der Waals surface area contributed by atoms with E-state index < -0.39 is 29.2 Å². The van der Waals surface area contributed by atoms with Crippen LogP contribution in [-0.2, 0) is 14.3 Å². The first-order valence-corrected chi connectivity index (χ1v) is 9.03. The van der Waals surface area contributed by atoms with Crippen LogP contribution in [-0.4, -0.2) is 71.1 Å². The molecule has 0 aromatic rings. The number of ether oxygens (including phenoxy) is 1. The molecule has 0 saturated heterocycles. The quantitative estimate of drug-likeness (QED) is 0.626. The molecular weight excluding hydrogens is 336 g/mol. The predicted molar refractivity (Wildman–Crippen MR) is 101 cm³/mol. The van der Waals surface area contributed by atoms with Crippen molar-refractivity contribution in [3.63, 3.8) is 0 Å². The van der Waals surface area contributed by atoms with Gasteiger partial charge in [0.15, 0.2) is 0 Å². The maximum absolute atomic E-state index is 12.6. The Morgan fingerprint density at radius 2 is 1.62 bits per heavy atom. The van der Waals surface area contributed by atoms with Crippen LogP contribution in [0.2, 0.25) is 0 Å². The molecule has 0 aromatic carbocycles. The lowest BCUT2D eigenvalue weighted by molar-refractivity contribution is -0.146. The fraction of sp³-hybridized carbons (Fsp3) is 0.842. The lowest BCUT2D eigenvalue weighted by Gasteiger charge is -2.43. The Morgan fingerprint density at radius 1 is 1.12 bits per heavy atom. The summed E-state index contributed by atoms with van der Waals surface area (Å²) in [5.41, 5.74) is -1.86. The molecule has 0 rings (SSSR count). The van der Waals surface area contributed by atoms with Crippen LogP contribution in [0.25, 0.3) is 0 Å². The number of carboxylic acid groups (broad SMARTS) is 1. The van der Waals surface area contributed by atoms with Gasteiger partial charge in [-0.25, -0.2) is 4.79 Å². The number of hydrogen-bond donors (Lipinski definition) is 1. The minimum atomic E-state index is -1.17. The molecule has 0 aromatic heterocycles. The minimum Gasteiger partial charge on any atom is -0.480 e. The van der Waals surface area contributed by atoms with Crippen LogP contribution in [0.5, 0.6) is 0 Å². The van der Waals surface area contributed by atoms with Crippen molar-refractivity contribution in [2.24, 2.45) is 11.8 Å². The van der Waals surface area contributed by atoms with Crippen LogP contribution in [0, 0.1) is 11.8 Å². The highest BCUT2D eigenvalue weighted by Crippen LogP contribution is 2.26. The average Bonchev–Trinajstić information content (AvgIpc) is 2.42. The summed E-state index contributed by atoms with van der Waals surface area (Å²) in [7, 11) is 3.20. The first-order valence-electron chi connectivity index (χ1n) is 9.03. The first-order chi connectivity index (χ1) is 11.7. The number of carboxylic acids is 1. The van der Waals surface area contributed by atoms with E-state index in [-0.39, 0.29) is 18.4 Å². The van der Waals surface area contributed by atoms with Gasteiger partial charge in [0, 0.05) is 13.6 Å². The Hall–Kier alpha value is -1.63. The Balaban J connectivity index is 5.78. The molecular formula is C19H36N2O5. The summed E-state index contributed by atoms with van der Waals surface area (Å²) < 4.78 is 5.42. The van der Waals surface area contributed by atoms with Crippen molar-refractivity contribution in [3.8, 4) is 0 Å². The monoisotopic (exact) mass is 372 g/mol. The zero-order valence-corrected chi connectivity index (χ0v) is 17.7. The second-order valence-electron chi connectivity index (χ2n) is 8.80. The minimum absolute atomic E-state index is 0.111. The third-order valence-corrected chi connectivity index (χ3v) is 4.20. The topological polar surface area (TPSA) is 87.2 Å². The van der Waals surface area contributed by atoms with Crippen molar-refractivity contribution in [1.82, 2.24) is 9.80 Å². The highest BCUT2D eigenvalue weighted by molar-refractivity contribution is 5.77. The molecule has 0 radical (unpaired) electrons. The van der Waals surface area contributed by atoms with Gasteiger partial charge in [-0.2, -0.15) is 0 Å². The van der Waals surface area contributed by atoms with E-state index >= 15 is 0 Å². The highest BCUT2D eigenvalue weighted by Gasteiger charge is 2.43. The van der Waals surface area contributed by atoms with Gasteiger partial charge < -0.3 is 14.6 Å².